The maximum Gasteiger partial charge on any atom is 0.291 e. The summed E-state index contributed by atoms with van der Waals surface area (Å²) in [5.41, 5.74) is 0. The number of aromatic amines is 1. The van der Waals surface area contributed by atoms with Gasteiger partial charge in [-0.05, 0) is 0 Å². The second-order valence-electron chi connectivity index (χ2n) is 4.47. The number of hydrogen-bond acceptors (Lipinski definition) is 5. The highest BCUT2D eigenvalue weighted by molar-refractivity contribution is 5.90. The number of nitrogens with zero attached hydrogens (tertiary/aromatic N) is 4. The van der Waals surface area contributed by atoms with E-state index in [0.717, 1.165) is 39.3 Å². The van der Waals surface area contributed by atoms with Crippen LogP contribution in [0.4, 0.5) is 0 Å². The number of aromatic nitrogens is 3. The summed E-state index contributed by atoms with van der Waals surface area (Å²) in [5, 5.41) is 9.59. The average Bonchev–Trinajstić information content (AvgIpc) is 2.80. The maximum atomic E-state index is 12.0. The van der Waals surface area contributed by atoms with Crippen LogP contribution < -0.4 is 5.32 Å². The lowest BCUT2D eigenvalue weighted by molar-refractivity contribution is 0.0492. The highest BCUT2D eigenvalue weighted by atomic mass is 16.2. The summed E-state index contributed by atoms with van der Waals surface area (Å²) in [6.45, 7) is 5.61. The molecule has 0 aliphatic carbocycles. The third-order valence-electron chi connectivity index (χ3n) is 3.50. The van der Waals surface area contributed by atoms with E-state index in [1.165, 1.54) is 6.33 Å². The molecule has 1 aromatic heterocycles. The van der Waals surface area contributed by atoms with Crippen LogP contribution in [0.25, 0.3) is 0 Å². The van der Waals surface area contributed by atoms with Gasteiger partial charge >= 0.3 is 0 Å². The number of carbonyl (C=O) groups excluding carboxylic acids is 1. The summed E-state index contributed by atoms with van der Waals surface area (Å²) in [6, 6.07) is 0.664. The van der Waals surface area contributed by atoms with E-state index >= 15 is 0 Å². The quantitative estimate of drug-likeness (QED) is 0.656. The minimum Gasteiger partial charge on any atom is -0.333 e. The van der Waals surface area contributed by atoms with Crippen molar-refractivity contribution in [3.63, 3.8) is 0 Å². The zero-order chi connectivity index (χ0) is 11.7. The van der Waals surface area contributed by atoms with Crippen molar-refractivity contribution >= 4 is 5.91 Å². The van der Waals surface area contributed by atoms with E-state index in [0.29, 0.717) is 11.9 Å². The van der Waals surface area contributed by atoms with Crippen molar-refractivity contribution in [2.75, 3.05) is 39.3 Å². The van der Waals surface area contributed by atoms with E-state index < -0.39 is 0 Å². The van der Waals surface area contributed by atoms with E-state index in [1.807, 2.05) is 4.90 Å². The lowest BCUT2D eigenvalue weighted by atomic mass is 10.1. The molecule has 92 valence electrons. The summed E-state index contributed by atoms with van der Waals surface area (Å²) < 4.78 is 0. The van der Waals surface area contributed by atoms with Crippen LogP contribution in [-0.2, 0) is 0 Å². The molecule has 0 saturated carbocycles. The first kappa shape index (κ1) is 10.7. The molecular formula is C10H16N6O. The highest BCUT2D eigenvalue weighted by Crippen LogP contribution is 2.10. The largest absolute Gasteiger partial charge is 0.333 e. The molecule has 0 unspecified atom stereocenters. The Kier molecular flexibility index (Phi) is 2.77. The molecule has 0 bridgehead atoms. The minimum absolute atomic E-state index is 0.0473. The molecule has 0 atom stereocenters. The van der Waals surface area contributed by atoms with Crippen LogP contribution in [0.1, 0.15) is 10.6 Å². The van der Waals surface area contributed by atoms with Gasteiger partial charge in [0.15, 0.2) is 0 Å². The van der Waals surface area contributed by atoms with Gasteiger partial charge in [0.05, 0.1) is 0 Å². The summed E-state index contributed by atoms with van der Waals surface area (Å²) in [6.07, 6.45) is 1.36. The third kappa shape index (κ3) is 2.03. The molecule has 0 radical (unpaired) electrons. The minimum atomic E-state index is -0.0473. The molecule has 2 fully saturated rings. The predicted molar refractivity (Wildman–Crippen MR) is 60.5 cm³/mol. The van der Waals surface area contributed by atoms with E-state index in [9.17, 15) is 4.79 Å². The van der Waals surface area contributed by atoms with Crippen molar-refractivity contribution in [2.24, 2.45) is 0 Å². The van der Waals surface area contributed by atoms with E-state index in [2.05, 4.69) is 25.4 Å². The van der Waals surface area contributed by atoms with E-state index in [1.54, 1.807) is 0 Å². The molecule has 0 spiro atoms. The molecule has 2 N–H and O–H groups in total. The molecule has 3 heterocycles. The first-order valence-electron chi connectivity index (χ1n) is 5.94. The van der Waals surface area contributed by atoms with Crippen LogP contribution in [-0.4, -0.2) is 76.2 Å². The van der Waals surface area contributed by atoms with Crippen molar-refractivity contribution in [2.45, 2.75) is 6.04 Å². The fraction of sp³-hybridized carbons (Fsp3) is 0.700. The van der Waals surface area contributed by atoms with Crippen molar-refractivity contribution < 1.29 is 4.79 Å². The van der Waals surface area contributed by atoms with Gasteiger partial charge in [-0.15, -0.1) is 0 Å². The zero-order valence-corrected chi connectivity index (χ0v) is 9.59. The van der Waals surface area contributed by atoms with Crippen LogP contribution in [0, 0.1) is 0 Å². The van der Waals surface area contributed by atoms with Gasteiger partial charge in [0, 0.05) is 45.3 Å². The first-order chi connectivity index (χ1) is 8.34. The van der Waals surface area contributed by atoms with Gasteiger partial charge in [0.25, 0.3) is 5.91 Å². The van der Waals surface area contributed by atoms with Gasteiger partial charge in [-0.2, -0.15) is 5.10 Å². The topological polar surface area (TPSA) is 77.2 Å². The van der Waals surface area contributed by atoms with Crippen molar-refractivity contribution in [1.29, 1.82) is 0 Å². The fourth-order valence-electron chi connectivity index (χ4n) is 2.28. The lowest BCUT2D eigenvalue weighted by Crippen LogP contribution is -2.62. The van der Waals surface area contributed by atoms with Crippen LogP contribution in [0.3, 0.4) is 0 Å². The Balaban J connectivity index is 1.55. The molecular weight excluding hydrogens is 220 g/mol. The molecule has 3 rings (SSSR count). The molecule has 0 aromatic carbocycles. The molecule has 2 saturated heterocycles. The number of piperazine rings is 1. The number of rotatable bonds is 2. The molecule has 17 heavy (non-hydrogen) atoms. The Morgan fingerprint density at radius 3 is 2.59 bits per heavy atom. The van der Waals surface area contributed by atoms with Crippen LogP contribution in [0.2, 0.25) is 0 Å². The first-order valence-corrected chi connectivity index (χ1v) is 5.94. The van der Waals surface area contributed by atoms with Gasteiger partial charge in [0.2, 0.25) is 5.82 Å². The summed E-state index contributed by atoms with van der Waals surface area (Å²) in [4.78, 5) is 20.2. The Hall–Kier alpha value is -1.47. The zero-order valence-electron chi connectivity index (χ0n) is 9.59. The van der Waals surface area contributed by atoms with Crippen molar-refractivity contribution in [1.82, 2.24) is 30.3 Å². The van der Waals surface area contributed by atoms with Crippen molar-refractivity contribution in [3.8, 4) is 0 Å². The van der Waals surface area contributed by atoms with Gasteiger partial charge in [-0.1, -0.05) is 0 Å². The third-order valence-corrected chi connectivity index (χ3v) is 3.50. The molecule has 7 nitrogen and oxygen atoms in total. The number of H-pyrrole nitrogens is 1. The summed E-state index contributed by atoms with van der Waals surface area (Å²) in [5.74, 6) is 0.289. The van der Waals surface area contributed by atoms with Crippen LogP contribution in [0.5, 0.6) is 0 Å². The number of carbonyl (C=O) groups is 1. The fourth-order valence-corrected chi connectivity index (χ4v) is 2.28. The van der Waals surface area contributed by atoms with Gasteiger partial charge in [0.1, 0.15) is 6.33 Å². The second-order valence-corrected chi connectivity index (χ2v) is 4.47. The summed E-state index contributed by atoms with van der Waals surface area (Å²) >= 11 is 0. The Morgan fingerprint density at radius 1 is 1.29 bits per heavy atom. The number of hydrogen-bond donors (Lipinski definition) is 2. The standard InChI is InChI=1S/C10H16N6O/c17-10(9-12-7-13-14-9)16-3-1-15(2-4-16)8-5-11-6-8/h7-8,11H,1-6H2,(H,12,13,14). The molecule has 2 aliphatic heterocycles. The molecule has 1 amide bonds. The lowest BCUT2D eigenvalue weighted by Gasteiger charge is -2.43. The van der Waals surface area contributed by atoms with Gasteiger partial charge in [-0.3, -0.25) is 14.8 Å². The normalized spacial score (nSPS) is 22.5. The van der Waals surface area contributed by atoms with Crippen molar-refractivity contribution in [3.05, 3.63) is 12.2 Å². The van der Waals surface area contributed by atoms with E-state index in [-0.39, 0.29) is 5.91 Å². The van der Waals surface area contributed by atoms with Gasteiger partial charge in [-0.25, -0.2) is 4.98 Å². The van der Waals surface area contributed by atoms with Gasteiger partial charge < -0.3 is 10.2 Å². The smallest absolute Gasteiger partial charge is 0.291 e. The number of nitrogens with one attached hydrogen (secondary N) is 2. The monoisotopic (exact) mass is 236 g/mol. The highest BCUT2D eigenvalue weighted by Gasteiger charge is 2.29. The van der Waals surface area contributed by atoms with Crippen LogP contribution in [0.15, 0.2) is 6.33 Å². The van der Waals surface area contributed by atoms with E-state index in [4.69, 9.17) is 0 Å². The maximum absolute atomic E-state index is 12.0. The Bertz CT molecular complexity index is 380. The van der Waals surface area contributed by atoms with Crippen LogP contribution >= 0.6 is 0 Å². The Labute approximate surface area is 99.2 Å². The number of amides is 1. The second kappa shape index (κ2) is 4.42. The predicted octanol–water partition coefficient (Wildman–Crippen LogP) is -1.47. The molecule has 2 aliphatic rings. The average molecular weight is 236 g/mol. The SMILES string of the molecule is O=C(c1ncn[nH]1)N1CCN(C2CNC2)CC1. The summed E-state index contributed by atoms with van der Waals surface area (Å²) in [7, 11) is 0. The Morgan fingerprint density at radius 2 is 2.06 bits per heavy atom. The molecule has 1 aromatic rings. The molecule has 7 heteroatoms.